The van der Waals surface area contributed by atoms with Gasteiger partial charge in [-0.3, -0.25) is 13.9 Å². The van der Waals surface area contributed by atoms with E-state index in [2.05, 4.69) is 37.3 Å². The first-order chi connectivity index (χ1) is 22.7. The molecule has 0 radical (unpaired) electrons. The van der Waals surface area contributed by atoms with Crippen LogP contribution in [0, 0.1) is 0 Å². The lowest BCUT2D eigenvalue weighted by atomic mass is 10.0. The molecule has 4 aromatic rings. The maximum atomic E-state index is 12.0. The smallest absolute Gasteiger partial charge is 0.294 e. The first kappa shape index (κ1) is 35.8. The van der Waals surface area contributed by atoms with Gasteiger partial charge in [-0.2, -0.15) is 21.9 Å². The summed E-state index contributed by atoms with van der Waals surface area (Å²) in [5.41, 5.74) is 2.93. The second-order valence-electron chi connectivity index (χ2n) is 10.4. The fourth-order valence-corrected chi connectivity index (χ4v) is 5.85. The highest BCUT2D eigenvalue weighted by Gasteiger charge is 2.19. The first-order valence-electron chi connectivity index (χ1n) is 14.6. The topological polar surface area (TPSA) is 191 Å². The van der Waals surface area contributed by atoms with E-state index in [0.717, 1.165) is 18.8 Å². The molecule has 0 aromatic heterocycles. The summed E-state index contributed by atoms with van der Waals surface area (Å²) < 4.78 is 67.1. The van der Waals surface area contributed by atoms with Crippen molar-refractivity contribution in [2.75, 3.05) is 23.3 Å². The first-order valence-corrected chi connectivity index (χ1v) is 17.5. The highest BCUT2D eigenvalue weighted by molar-refractivity contribution is 7.95. The lowest BCUT2D eigenvalue weighted by Crippen LogP contribution is -2.21. The number of carbonyl (C=O) groups excluding carboxylic acids is 1. The summed E-state index contributed by atoms with van der Waals surface area (Å²) >= 11 is 0. The molecule has 4 aromatic carbocycles. The van der Waals surface area contributed by atoms with Crippen molar-refractivity contribution >= 4 is 76.0 Å². The van der Waals surface area contributed by atoms with E-state index in [0.29, 0.717) is 28.0 Å². The molecule has 1 amide bonds. The van der Waals surface area contributed by atoms with E-state index in [-0.39, 0.29) is 33.1 Å². The zero-order valence-electron chi connectivity index (χ0n) is 26.6. The van der Waals surface area contributed by atoms with Crippen molar-refractivity contribution in [3.8, 4) is 0 Å². The Bertz CT molecular complexity index is 2210. The summed E-state index contributed by atoms with van der Waals surface area (Å²) in [6.45, 7) is 12.1. The van der Waals surface area contributed by atoms with Crippen LogP contribution in [-0.4, -0.2) is 44.9 Å². The van der Waals surface area contributed by atoms with Gasteiger partial charge in [-0.15, -0.1) is 15.3 Å². The van der Waals surface area contributed by atoms with Crippen LogP contribution in [0.4, 0.5) is 28.4 Å². The summed E-state index contributed by atoms with van der Waals surface area (Å²) in [6, 6.07) is 18.7. The number of azo groups is 2. The Hall–Kier alpha value is -5.09. The fourth-order valence-electron chi connectivity index (χ4n) is 4.89. The molecule has 0 bridgehead atoms. The molecule has 0 fully saturated rings. The van der Waals surface area contributed by atoms with E-state index in [9.17, 15) is 30.7 Å². The van der Waals surface area contributed by atoms with Crippen LogP contribution in [0.15, 0.2) is 111 Å². The molecule has 15 heteroatoms. The minimum atomic E-state index is -4.60. The quantitative estimate of drug-likeness (QED) is 0.0976. The lowest BCUT2D eigenvalue weighted by molar-refractivity contribution is -0.114. The van der Waals surface area contributed by atoms with Crippen LogP contribution in [0.25, 0.3) is 21.4 Å². The second kappa shape index (κ2) is 14.8. The van der Waals surface area contributed by atoms with Gasteiger partial charge in [0.2, 0.25) is 5.91 Å². The molecular formula is C33H34N6O7S2. The van der Waals surface area contributed by atoms with Crippen LogP contribution < -0.4 is 10.2 Å². The summed E-state index contributed by atoms with van der Waals surface area (Å²) in [6.07, 6.45) is 1.58. The molecule has 0 saturated heterocycles. The van der Waals surface area contributed by atoms with Gasteiger partial charge in [-0.25, -0.2) is 0 Å². The number of fused-ring (bicyclic) bond motifs is 1. The summed E-state index contributed by atoms with van der Waals surface area (Å²) in [4.78, 5) is 13.2. The van der Waals surface area contributed by atoms with E-state index in [4.69, 9.17) is 0 Å². The lowest BCUT2D eigenvalue weighted by Gasteiger charge is -2.22. The largest absolute Gasteiger partial charge is 0.372 e. The molecule has 0 aliphatic carbocycles. The maximum Gasteiger partial charge on any atom is 0.294 e. The Kier molecular flexibility index (Phi) is 11.0. The number of carbonyl (C=O) groups is 1. The number of allylic oxidation sites excluding steroid dienone is 1. The molecule has 0 spiro atoms. The van der Waals surface area contributed by atoms with Gasteiger partial charge in [0.15, 0.2) is 0 Å². The van der Waals surface area contributed by atoms with Crippen molar-refractivity contribution in [1.82, 2.24) is 0 Å². The summed E-state index contributed by atoms with van der Waals surface area (Å²) in [5, 5.41) is 20.9. The maximum absolute atomic E-state index is 12.0. The number of anilines is 2. The van der Waals surface area contributed by atoms with Crippen molar-refractivity contribution in [1.29, 1.82) is 0 Å². The Morgan fingerprint density at radius 2 is 1.44 bits per heavy atom. The third kappa shape index (κ3) is 8.24. The van der Waals surface area contributed by atoms with Gasteiger partial charge in [-0.05, 0) is 63.2 Å². The highest BCUT2D eigenvalue weighted by atomic mass is 32.2. The Labute approximate surface area is 278 Å². The Balaban J connectivity index is 1.83. The number of nitrogens with one attached hydrogen (secondary N) is 1. The summed E-state index contributed by atoms with van der Waals surface area (Å²) in [7, 11) is -9.19. The molecule has 0 atom stereocenters. The van der Waals surface area contributed by atoms with Gasteiger partial charge in [-0.1, -0.05) is 43.0 Å². The van der Waals surface area contributed by atoms with Crippen molar-refractivity contribution in [3.63, 3.8) is 0 Å². The minimum Gasteiger partial charge on any atom is -0.372 e. The van der Waals surface area contributed by atoms with E-state index in [1.54, 1.807) is 43.3 Å². The molecule has 3 N–H and O–H groups in total. The van der Waals surface area contributed by atoms with Gasteiger partial charge in [0, 0.05) is 47.6 Å². The number of benzene rings is 4. The standard InChI is InChI=1S/C33H34N6O7S2/c1-6-29(26-12-10-9-11-25(26)21(4)47(41,42)43)35-37-31-18-17-30(27-15-14-24(20-28(27)31)48(44,45)46)36-38-32-16-13-23(39(7-2)8-3)19-33(32)34-22(5)40/h6,9-20H,4,7-8H2,1-3,5H3,(H,34,40)(H,41,42,43)(H,44,45,46)/b29-6+,37-35+,38-36+. The molecule has 250 valence electrons. The van der Waals surface area contributed by atoms with E-state index in [1.165, 1.54) is 37.3 Å². The van der Waals surface area contributed by atoms with Crippen molar-refractivity contribution < 1.29 is 30.7 Å². The monoisotopic (exact) mass is 690 g/mol. The average Bonchev–Trinajstić information content (AvgIpc) is 3.04. The van der Waals surface area contributed by atoms with Crippen LogP contribution in [0.1, 0.15) is 38.8 Å². The highest BCUT2D eigenvalue weighted by Crippen LogP contribution is 2.38. The van der Waals surface area contributed by atoms with Gasteiger partial charge in [0.25, 0.3) is 20.2 Å². The average molecular weight is 691 g/mol. The number of amides is 1. The fraction of sp³-hybridized carbons (Fsp3) is 0.182. The normalized spacial score (nSPS) is 12.6. The van der Waals surface area contributed by atoms with Crippen LogP contribution in [-0.2, 0) is 25.0 Å². The van der Waals surface area contributed by atoms with Crippen molar-refractivity contribution in [2.24, 2.45) is 20.5 Å². The third-order valence-corrected chi connectivity index (χ3v) is 8.97. The third-order valence-electron chi connectivity index (χ3n) is 7.28. The molecule has 13 nitrogen and oxygen atoms in total. The summed E-state index contributed by atoms with van der Waals surface area (Å²) in [5.74, 6) is -0.286. The van der Waals surface area contributed by atoms with Crippen LogP contribution in [0.3, 0.4) is 0 Å². The van der Waals surface area contributed by atoms with Crippen molar-refractivity contribution in [3.05, 3.63) is 96.6 Å². The van der Waals surface area contributed by atoms with Gasteiger partial charge < -0.3 is 10.2 Å². The van der Waals surface area contributed by atoms with Crippen molar-refractivity contribution in [2.45, 2.75) is 32.6 Å². The zero-order chi connectivity index (χ0) is 35.2. The molecule has 0 aliphatic rings. The number of hydrogen-bond donors (Lipinski definition) is 3. The predicted molar refractivity (Wildman–Crippen MR) is 187 cm³/mol. The van der Waals surface area contributed by atoms with Gasteiger partial charge in [0.05, 0.1) is 32.6 Å². The molecule has 4 rings (SSSR count). The Morgan fingerprint density at radius 1 is 0.833 bits per heavy atom. The molecule has 0 saturated carbocycles. The number of rotatable bonds is 12. The second-order valence-corrected chi connectivity index (χ2v) is 13.2. The number of hydrogen-bond acceptors (Lipinski definition) is 10. The molecule has 48 heavy (non-hydrogen) atoms. The van der Waals surface area contributed by atoms with Crippen LogP contribution in [0.2, 0.25) is 0 Å². The SMILES string of the molecule is C=C(c1ccccc1C(=C\C)/N=N/c1ccc(/N=N/c2ccc(N(CC)CC)cc2NC(C)=O)c2ccc(S(=O)(=O)O)cc12)S(=O)(=O)O. The van der Waals surface area contributed by atoms with Gasteiger partial charge >= 0.3 is 0 Å². The van der Waals surface area contributed by atoms with Gasteiger partial charge in [0.1, 0.15) is 5.69 Å². The molecular weight excluding hydrogens is 657 g/mol. The van der Waals surface area contributed by atoms with E-state index in [1.807, 2.05) is 26.0 Å². The molecule has 0 unspecified atom stereocenters. The minimum absolute atomic E-state index is 0.116. The zero-order valence-corrected chi connectivity index (χ0v) is 28.2. The molecule has 0 aliphatic heterocycles. The van der Waals surface area contributed by atoms with Crippen LogP contribution in [0.5, 0.6) is 0 Å². The molecule has 0 heterocycles. The van der Waals surface area contributed by atoms with E-state index >= 15 is 0 Å². The predicted octanol–water partition coefficient (Wildman–Crippen LogP) is 8.31. The van der Waals surface area contributed by atoms with E-state index < -0.39 is 25.1 Å². The van der Waals surface area contributed by atoms with Crippen LogP contribution >= 0.6 is 0 Å². The number of nitrogens with zero attached hydrogens (tertiary/aromatic N) is 5. The Morgan fingerprint density at radius 3 is 2.02 bits per heavy atom.